The number of hydrogen-bond donors (Lipinski definition) is 2. The maximum atomic E-state index is 13.1. The van der Waals surface area contributed by atoms with Gasteiger partial charge in [-0.3, -0.25) is 4.79 Å². The highest BCUT2D eigenvalue weighted by Gasteiger charge is 2.38. The van der Waals surface area contributed by atoms with E-state index in [1.54, 1.807) is 11.0 Å². The van der Waals surface area contributed by atoms with Crippen LogP contribution < -0.4 is 16.0 Å². The van der Waals surface area contributed by atoms with Gasteiger partial charge in [0.1, 0.15) is 5.82 Å². The van der Waals surface area contributed by atoms with Crippen molar-refractivity contribution < 1.29 is 9.18 Å². The fourth-order valence-corrected chi connectivity index (χ4v) is 3.62. The fraction of sp³-hybridized carbons (Fsp3) is 0.208. The fourth-order valence-electron chi connectivity index (χ4n) is 3.62. The van der Waals surface area contributed by atoms with E-state index in [4.69, 9.17) is 5.73 Å². The third-order valence-corrected chi connectivity index (χ3v) is 5.32. The lowest BCUT2D eigenvalue weighted by molar-refractivity contribution is -0.118. The first-order valence-electron chi connectivity index (χ1n) is 9.79. The lowest BCUT2D eigenvalue weighted by atomic mass is 10.1. The minimum Gasteiger partial charge on any atom is -0.397 e. The molecule has 0 bridgehead atoms. The van der Waals surface area contributed by atoms with Gasteiger partial charge >= 0.3 is 0 Å². The molecule has 4 nitrogen and oxygen atoms in total. The predicted octanol–water partition coefficient (Wildman–Crippen LogP) is 4.09. The molecule has 148 valence electrons. The third kappa shape index (κ3) is 4.63. The topological polar surface area (TPSA) is 58.4 Å². The van der Waals surface area contributed by atoms with E-state index in [-0.39, 0.29) is 24.3 Å². The second kappa shape index (κ2) is 8.45. The SMILES string of the molecule is Nc1ccccc1N(Cc1ccccc1)C(=O)CNC1CC1c1ccc(F)cc1. The van der Waals surface area contributed by atoms with E-state index in [0.717, 1.165) is 17.5 Å². The molecule has 2 atom stereocenters. The lowest BCUT2D eigenvalue weighted by Crippen LogP contribution is -2.39. The van der Waals surface area contributed by atoms with Crippen LogP contribution in [0.4, 0.5) is 15.8 Å². The number of rotatable bonds is 7. The number of para-hydroxylation sites is 2. The molecular weight excluding hydrogens is 365 g/mol. The average molecular weight is 389 g/mol. The summed E-state index contributed by atoms with van der Waals surface area (Å²) in [7, 11) is 0. The van der Waals surface area contributed by atoms with E-state index in [0.29, 0.717) is 23.8 Å². The average Bonchev–Trinajstić information content (AvgIpc) is 3.52. The quantitative estimate of drug-likeness (QED) is 0.599. The van der Waals surface area contributed by atoms with Crippen LogP contribution in [0.3, 0.4) is 0 Å². The molecule has 1 aliphatic rings. The van der Waals surface area contributed by atoms with E-state index in [2.05, 4.69) is 5.32 Å². The Bertz CT molecular complexity index is 975. The number of anilines is 2. The molecule has 0 heterocycles. The molecule has 5 heteroatoms. The van der Waals surface area contributed by atoms with Crippen molar-refractivity contribution in [2.45, 2.75) is 24.9 Å². The number of nitrogen functional groups attached to an aromatic ring is 1. The highest BCUT2D eigenvalue weighted by Crippen LogP contribution is 2.40. The van der Waals surface area contributed by atoms with Gasteiger partial charge in [-0.15, -0.1) is 0 Å². The summed E-state index contributed by atoms with van der Waals surface area (Å²) in [6, 6.07) is 24.1. The number of benzene rings is 3. The monoisotopic (exact) mass is 389 g/mol. The van der Waals surface area contributed by atoms with Gasteiger partial charge < -0.3 is 16.0 Å². The van der Waals surface area contributed by atoms with Crippen LogP contribution in [0.25, 0.3) is 0 Å². The van der Waals surface area contributed by atoms with Crippen LogP contribution in [0.2, 0.25) is 0 Å². The van der Waals surface area contributed by atoms with Gasteiger partial charge in [-0.2, -0.15) is 0 Å². The van der Waals surface area contributed by atoms with Gasteiger partial charge in [0.2, 0.25) is 5.91 Å². The van der Waals surface area contributed by atoms with E-state index in [1.807, 2.05) is 60.7 Å². The van der Waals surface area contributed by atoms with Crippen molar-refractivity contribution >= 4 is 17.3 Å². The molecule has 1 saturated carbocycles. The molecule has 4 rings (SSSR count). The molecule has 1 amide bonds. The number of carbonyl (C=O) groups is 1. The van der Waals surface area contributed by atoms with E-state index in [1.165, 1.54) is 12.1 Å². The minimum absolute atomic E-state index is 0.0310. The van der Waals surface area contributed by atoms with Gasteiger partial charge in [-0.1, -0.05) is 54.6 Å². The number of nitrogens with zero attached hydrogens (tertiary/aromatic N) is 1. The van der Waals surface area contributed by atoms with Crippen LogP contribution in [-0.2, 0) is 11.3 Å². The van der Waals surface area contributed by atoms with Crippen molar-refractivity contribution in [2.75, 3.05) is 17.2 Å². The largest absolute Gasteiger partial charge is 0.397 e. The first-order chi connectivity index (χ1) is 14.1. The summed E-state index contributed by atoms with van der Waals surface area (Å²) in [6.07, 6.45) is 0.949. The number of nitrogens with one attached hydrogen (secondary N) is 1. The number of hydrogen-bond acceptors (Lipinski definition) is 3. The Balaban J connectivity index is 1.43. The zero-order valence-electron chi connectivity index (χ0n) is 16.1. The van der Waals surface area contributed by atoms with Gasteiger partial charge in [0.05, 0.1) is 24.5 Å². The molecular formula is C24H24FN3O. The second-order valence-electron chi connectivity index (χ2n) is 7.41. The number of nitrogens with two attached hydrogens (primary N) is 1. The standard InChI is InChI=1S/C24H24FN3O/c25-19-12-10-18(11-13-19)20-14-22(20)27-15-24(29)28(16-17-6-2-1-3-7-17)23-9-5-4-8-21(23)26/h1-13,20,22,27H,14-16,26H2. The Morgan fingerprint density at radius 1 is 1.00 bits per heavy atom. The number of amides is 1. The smallest absolute Gasteiger partial charge is 0.241 e. The summed E-state index contributed by atoms with van der Waals surface area (Å²) in [6.45, 7) is 0.686. The molecule has 0 radical (unpaired) electrons. The van der Waals surface area contributed by atoms with Crippen LogP contribution in [0.5, 0.6) is 0 Å². The van der Waals surface area contributed by atoms with E-state index in [9.17, 15) is 9.18 Å². The maximum absolute atomic E-state index is 13.1. The molecule has 0 saturated heterocycles. The highest BCUT2D eigenvalue weighted by molar-refractivity contribution is 5.97. The Morgan fingerprint density at radius 2 is 1.69 bits per heavy atom. The molecule has 29 heavy (non-hydrogen) atoms. The summed E-state index contributed by atoms with van der Waals surface area (Å²) in [5.41, 5.74) is 9.58. The summed E-state index contributed by atoms with van der Waals surface area (Å²) in [4.78, 5) is 14.8. The van der Waals surface area contributed by atoms with Crippen molar-refractivity contribution in [3.05, 3.63) is 95.8 Å². The van der Waals surface area contributed by atoms with E-state index < -0.39 is 0 Å². The number of carbonyl (C=O) groups excluding carboxylic acids is 1. The van der Waals surface area contributed by atoms with Gasteiger partial charge in [-0.25, -0.2) is 4.39 Å². The zero-order chi connectivity index (χ0) is 20.2. The van der Waals surface area contributed by atoms with Crippen molar-refractivity contribution in [3.8, 4) is 0 Å². The van der Waals surface area contributed by atoms with Crippen LogP contribution in [0, 0.1) is 5.82 Å². The van der Waals surface area contributed by atoms with Gasteiger partial charge in [0.15, 0.2) is 0 Å². The molecule has 1 fully saturated rings. The summed E-state index contributed by atoms with van der Waals surface area (Å²) >= 11 is 0. The first kappa shape index (κ1) is 19.2. The van der Waals surface area contributed by atoms with E-state index >= 15 is 0 Å². The highest BCUT2D eigenvalue weighted by atomic mass is 19.1. The third-order valence-electron chi connectivity index (χ3n) is 5.32. The molecule has 0 aliphatic heterocycles. The molecule has 0 aromatic heterocycles. The van der Waals surface area contributed by atoms with Gasteiger partial charge in [0, 0.05) is 12.0 Å². The van der Waals surface area contributed by atoms with Crippen molar-refractivity contribution in [3.63, 3.8) is 0 Å². The molecule has 0 spiro atoms. The minimum atomic E-state index is -0.230. The normalized spacial score (nSPS) is 17.7. The molecule has 3 N–H and O–H groups in total. The summed E-state index contributed by atoms with van der Waals surface area (Å²) < 4.78 is 13.1. The molecule has 1 aliphatic carbocycles. The summed E-state index contributed by atoms with van der Waals surface area (Å²) in [5.74, 6) is 0.0652. The van der Waals surface area contributed by atoms with Crippen LogP contribution in [0.15, 0.2) is 78.9 Å². The maximum Gasteiger partial charge on any atom is 0.241 e. The van der Waals surface area contributed by atoms with Crippen molar-refractivity contribution in [1.82, 2.24) is 5.32 Å². The number of halogens is 1. The van der Waals surface area contributed by atoms with Crippen molar-refractivity contribution in [2.24, 2.45) is 0 Å². The van der Waals surface area contributed by atoms with Gasteiger partial charge in [-0.05, 0) is 41.8 Å². The second-order valence-corrected chi connectivity index (χ2v) is 7.41. The van der Waals surface area contributed by atoms with Gasteiger partial charge in [0.25, 0.3) is 0 Å². The first-order valence-corrected chi connectivity index (χ1v) is 9.79. The Labute approximate surface area is 170 Å². The Hall–Kier alpha value is -3.18. The molecule has 3 aromatic carbocycles. The molecule has 2 unspecified atom stereocenters. The Kier molecular flexibility index (Phi) is 5.58. The van der Waals surface area contributed by atoms with Crippen LogP contribution in [0.1, 0.15) is 23.5 Å². The summed E-state index contributed by atoms with van der Waals surface area (Å²) in [5, 5.41) is 3.35. The predicted molar refractivity (Wildman–Crippen MR) is 114 cm³/mol. The van der Waals surface area contributed by atoms with Crippen molar-refractivity contribution in [1.29, 1.82) is 0 Å². The Morgan fingerprint density at radius 3 is 2.41 bits per heavy atom. The lowest BCUT2D eigenvalue weighted by Gasteiger charge is -2.24. The van der Waals surface area contributed by atoms with Crippen LogP contribution in [-0.4, -0.2) is 18.5 Å². The molecule has 3 aromatic rings. The van der Waals surface area contributed by atoms with Crippen LogP contribution >= 0.6 is 0 Å². The zero-order valence-corrected chi connectivity index (χ0v) is 16.1.